The van der Waals surface area contributed by atoms with Crippen molar-refractivity contribution in [3.05, 3.63) is 77.5 Å². The van der Waals surface area contributed by atoms with Crippen LogP contribution < -0.4 is 10.6 Å². The summed E-state index contributed by atoms with van der Waals surface area (Å²) in [6.45, 7) is 1.02. The highest BCUT2D eigenvalue weighted by molar-refractivity contribution is 5.93. The Balaban J connectivity index is 1.39. The van der Waals surface area contributed by atoms with E-state index in [0.29, 0.717) is 12.5 Å². The van der Waals surface area contributed by atoms with Gasteiger partial charge in [0.2, 0.25) is 5.91 Å². The van der Waals surface area contributed by atoms with E-state index in [1.54, 1.807) is 7.05 Å². The molecule has 150 valence electrons. The molecule has 0 bridgehead atoms. The molecule has 1 unspecified atom stereocenters. The van der Waals surface area contributed by atoms with Gasteiger partial charge in [0, 0.05) is 35.8 Å². The number of carbonyl (C=O) groups excluding carboxylic acids is 1. The van der Waals surface area contributed by atoms with Gasteiger partial charge in [0.25, 0.3) is 0 Å². The molecule has 4 nitrogen and oxygen atoms in total. The normalized spacial score (nSPS) is 16.6. The molecule has 1 aromatic heterocycles. The number of likely N-dealkylation sites (N-methyl/N-ethyl adjacent to an activating group) is 1. The van der Waals surface area contributed by atoms with Crippen molar-refractivity contribution in [2.45, 2.75) is 38.1 Å². The minimum absolute atomic E-state index is 0.0442. The molecule has 0 spiro atoms. The van der Waals surface area contributed by atoms with Gasteiger partial charge in [-0.1, -0.05) is 42.5 Å². The van der Waals surface area contributed by atoms with Gasteiger partial charge in [0.05, 0.1) is 6.42 Å². The Labute approximate surface area is 172 Å². The summed E-state index contributed by atoms with van der Waals surface area (Å²) >= 11 is 0. The molecule has 0 saturated heterocycles. The van der Waals surface area contributed by atoms with Crippen LogP contribution in [0.3, 0.4) is 0 Å². The summed E-state index contributed by atoms with van der Waals surface area (Å²) in [7, 11) is 1.68. The van der Waals surface area contributed by atoms with Gasteiger partial charge in [-0.2, -0.15) is 0 Å². The highest BCUT2D eigenvalue weighted by Crippen LogP contribution is 2.32. The van der Waals surface area contributed by atoms with E-state index in [2.05, 4.69) is 70.4 Å². The first kappa shape index (κ1) is 19.5. The molecule has 1 atom stereocenters. The predicted octanol–water partition coefficient (Wildman–Crippen LogP) is 4.22. The van der Waals surface area contributed by atoms with Gasteiger partial charge < -0.3 is 15.6 Å². The summed E-state index contributed by atoms with van der Waals surface area (Å²) in [6, 6.07) is 17.5. The topological polar surface area (TPSA) is 56.9 Å². The average Bonchev–Trinajstić information content (AvgIpc) is 3.18. The summed E-state index contributed by atoms with van der Waals surface area (Å²) in [5.41, 5.74) is 6.26. The van der Waals surface area contributed by atoms with E-state index in [0.717, 1.165) is 43.3 Å². The summed E-state index contributed by atoms with van der Waals surface area (Å²) in [5, 5.41) is 7.63. The number of amides is 1. The van der Waals surface area contributed by atoms with Crippen LogP contribution in [0, 0.1) is 0 Å². The molecule has 3 aromatic rings. The van der Waals surface area contributed by atoms with Crippen molar-refractivity contribution in [3.8, 4) is 0 Å². The first-order chi connectivity index (χ1) is 14.2. The van der Waals surface area contributed by atoms with Crippen LogP contribution in [-0.2, 0) is 17.6 Å². The van der Waals surface area contributed by atoms with E-state index in [4.69, 9.17) is 0 Å². The summed E-state index contributed by atoms with van der Waals surface area (Å²) in [4.78, 5) is 15.1. The SMILES string of the molecule is CNC(=O)Cc1ccc2[nH]cc(C3=CCC(NCCc4ccccc4)CC3)c2c1. The number of fused-ring (bicyclic) bond motifs is 1. The van der Waals surface area contributed by atoms with Crippen LogP contribution >= 0.6 is 0 Å². The molecule has 0 fully saturated rings. The predicted molar refractivity (Wildman–Crippen MR) is 120 cm³/mol. The van der Waals surface area contributed by atoms with Crippen LogP contribution in [0.25, 0.3) is 16.5 Å². The van der Waals surface area contributed by atoms with Gasteiger partial charge >= 0.3 is 0 Å². The molecule has 1 aliphatic carbocycles. The van der Waals surface area contributed by atoms with E-state index in [1.807, 2.05) is 6.07 Å². The highest BCUT2D eigenvalue weighted by atomic mass is 16.1. The zero-order valence-corrected chi connectivity index (χ0v) is 17.0. The van der Waals surface area contributed by atoms with Crippen molar-refractivity contribution in [1.29, 1.82) is 0 Å². The second kappa shape index (κ2) is 9.10. The van der Waals surface area contributed by atoms with E-state index in [1.165, 1.54) is 22.1 Å². The molecular formula is C25H29N3O. The molecule has 0 aliphatic heterocycles. The summed E-state index contributed by atoms with van der Waals surface area (Å²) in [6.07, 6.45) is 9.30. The van der Waals surface area contributed by atoms with Crippen LogP contribution in [0.1, 0.15) is 36.0 Å². The fourth-order valence-electron chi connectivity index (χ4n) is 4.15. The molecule has 2 aromatic carbocycles. The Bertz CT molecular complexity index is 1000. The number of hydrogen-bond acceptors (Lipinski definition) is 2. The number of carbonyl (C=O) groups is 1. The molecule has 4 rings (SSSR count). The van der Waals surface area contributed by atoms with E-state index >= 15 is 0 Å². The standard InChI is InChI=1S/C25H29N3O/c1-26-25(29)16-19-7-12-24-22(15-19)23(17-28-24)20-8-10-21(11-9-20)27-14-13-18-5-3-2-4-6-18/h2-8,12,15,17,21,27-28H,9-11,13-14,16H2,1H3,(H,26,29). The molecule has 1 aliphatic rings. The lowest BCUT2D eigenvalue weighted by Crippen LogP contribution is -2.31. The average molecular weight is 388 g/mol. The third-order valence-corrected chi connectivity index (χ3v) is 5.84. The van der Waals surface area contributed by atoms with Crippen molar-refractivity contribution in [2.24, 2.45) is 0 Å². The molecule has 3 N–H and O–H groups in total. The Morgan fingerprint density at radius 3 is 2.76 bits per heavy atom. The van der Waals surface area contributed by atoms with Crippen molar-refractivity contribution in [1.82, 2.24) is 15.6 Å². The van der Waals surface area contributed by atoms with Crippen LogP contribution in [0.15, 0.2) is 60.8 Å². The smallest absolute Gasteiger partial charge is 0.224 e. The Hall–Kier alpha value is -2.85. The summed E-state index contributed by atoms with van der Waals surface area (Å²) in [5.74, 6) is 0.0442. The Kier molecular flexibility index (Phi) is 6.11. The third-order valence-electron chi connectivity index (χ3n) is 5.84. The number of benzene rings is 2. The maximum absolute atomic E-state index is 11.7. The van der Waals surface area contributed by atoms with Crippen LogP contribution in [0.4, 0.5) is 0 Å². The molecule has 1 amide bonds. The monoisotopic (exact) mass is 387 g/mol. The van der Waals surface area contributed by atoms with E-state index < -0.39 is 0 Å². The maximum Gasteiger partial charge on any atom is 0.224 e. The molecule has 29 heavy (non-hydrogen) atoms. The van der Waals surface area contributed by atoms with Crippen molar-refractivity contribution >= 4 is 22.4 Å². The van der Waals surface area contributed by atoms with Gasteiger partial charge in [0.15, 0.2) is 0 Å². The number of aromatic nitrogens is 1. The number of allylic oxidation sites excluding steroid dienone is 1. The van der Waals surface area contributed by atoms with Crippen LogP contribution in [0.2, 0.25) is 0 Å². The highest BCUT2D eigenvalue weighted by Gasteiger charge is 2.17. The first-order valence-corrected chi connectivity index (χ1v) is 10.5. The molecule has 4 heteroatoms. The third kappa shape index (κ3) is 4.77. The first-order valence-electron chi connectivity index (χ1n) is 10.5. The quantitative estimate of drug-likeness (QED) is 0.568. The fraction of sp³-hybridized carbons (Fsp3) is 0.320. The number of hydrogen-bond donors (Lipinski definition) is 3. The molecule has 0 radical (unpaired) electrons. The molecular weight excluding hydrogens is 358 g/mol. The van der Waals surface area contributed by atoms with Crippen molar-refractivity contribution in [3.63, 3.8) is 0 Å². The Morgan fingerprint density at radius 1 is 1.14 bits per heavy atom. The number of rotatable bonds is 7. The lowest BCUT2D eigenvalue weighted by molar-refractivity contribution is -0.119. The number of aromatic amines is 1. The number of nitrogens with one attached hydrogen (secondary N) is 3. The fourth-order valence-corrected chi connectivity index (χ4v) is 4.15. The molecule has 1 heterocycles. The van der Waals surface area contributed by atoms with Gasteiger partial charge in [0.1, 0.15) is 0 Å². The van der Waals surface area contributed by atoms with Gasteiger partial charge in [-0.15, -0.1) is 0 Å². The van der Waals surface area contributed by atoms with Crippen molar-refractivity contribution < 1.29 is 4.79 Å². The largest absolute Gasteiger partial charge is 0.361 e. The van der Waals surface area contributed by atoms with E-state index in [9.17, 15) is 4.79 Å². The van der Waals surface area contributed by atoms with Gasteiger partial charge in [-0.25, -0.2) is 0 Å². The minimum atomic E-state index is 0.0442. The van der Waals surface area contributed by atoms with Crippen molar-refractivity contribution in [2.75, 3.05) is 13.6 Å². The van der Waals surface area contributed by atoms with Gasteiger partial charge in [-0.05, 0) is 61.1 Å². The molecule has 0 saturated carbocycles. The van der Waals surface area contributed by atoms with Gasteiger partial charge in [-0.3, -0.25) is 4.79 Å². The zero-order valence-electron chi connectivity index (χ0n) is 17.0. The lowest BCUT2D eigenvalue weighted by Gasteiger charge is -2.23. The lowest BCUT2D eigenvalue weighted by atomic mass is 9.90. The summed E-state index contributed by atoms with van der Waals surface area (Å²) < 4.78 is 0. The maximum atomic E-state index is 11.7. The van der Waals surface area contributed by atoms with E-state index in [-0.39, 0.29) is 5.91 Å². The van der Waals surface area contributed by atoms with Crippen LogP contribution in [-0.4, -0.2) is 30.5 Å². The minimum Gasteiger partial charge on any atom is -0.361 e. The number of H-pyrrole nitrogens is 1. The second-order valence-electron chi connectivity index (χ2n) is 7.82. The Morgan fingerprint density at radius 2 is 2.00 bits per heavy atom. The van der Waals surface area contributed by atoms with Crippen LogP contribution in [0.5, 0.6) is 0 Å². The second-order valence-corrected chi connectivity index (χ2v) is 7.82. The zero-order chi connectivity index (χ0) is 20.1.